The molecule has 40 valence electrons. The van der Waals surface area contributed by atoms with Crippen LogP contribution in [0.15, 0.2) is 0 Å². The molecule has 0 fully saturated rings. The molecule has 2 nitrogen and oxygen atoms in total. The molecule has 0 unspecified atom stereocenters. The smallest absolute Gasteiger partial charge is 1.00 e. The maximum atomic E-state index is 8.07. The first-order valence-electron chi connectivity index (χ1n) is 2.10. The molecule has 0 heterocycles. The standard InChI is InChI=1S/C4H10O2.Na.H/c1-2-6-4-3-5;;/h5H,2-4H2,1H3;;/q;+1;-1. The van der Waals surface area contributed by atoms with Crippen LogP contribution in [0.5, 0.6) is 0 Å². The molecule has 1 N–H and O–H groups in total. The molecule has 0 saturated heterocycles. The summed E-state index contributed by atoms with van der Waals surface area (Å²) in [7, 11) is 0. The van der Waals surface area contributed by atoms with Gasteiger partial charge in [0.25, 0.3) is 0 Å². The molecule has 0 aliphatic carbocycles. The number of hydrogen-bond donors (Lipinski definition) is 1. The Morgan fingerprint density at radius 1 is 1.71 bits per heavy atom. The zero-order valence-electron chi connectivity index (χ0n) is 5.98. The van der Waals surface area contributed by atoms with E-state index in [0.717, 1.165) is 0 Å². The number of rotatable bonds is 3. The Labute approximate surface area is 67.6 Å². The normalized spacial score (nSPS) is 7.71. The van der Waals surface area contributed by atoms with Gasteiger partial charge in [0.2, 0.25) is 0 Å². The molecule has 0 aromatic heterocycles. The van der Waals surface area contributed by atoms with Crippen molar-refractivity contribution in [2.75, 3.05) is 19.8 Å². The van der Waals surface area contributed by atoms with Gasteiger partial charge in [-0.1, -0.05) is 0 Å². The van der Waals surface area contributed by atoms with Crippen LogP contribution < -0.4 is 29.6 Å². The summed E-state index contributed by atoms with van der Waals surface area (Å²) in [5.41, 5.74) is 0. The van der Waals surface area contributed by atoms with Crippen LogP contribution >= 0.6 is 0 Å². The average Bonchev–Trinajstić information content (AvgIpc) is 1.61. The minimum atomic E-state index is 0. The van der Waals surface area contributed by atoms with Gasteiger partial charge >= 0.3 is 29.6 Å². The summed E-state index contributed by atoms with van der Waals surface area (Å²) in [6.45, 7) is 3.20. The van der Waals surface area contributed by atoms with Crippen LogP contribution in [0.2, 0.25) is 0 Å². The van der Waals surface area contributed by atoms with E-state index in [1.54, 1.807) is 0 Å². The van der Waals surface area contributed by atoms with E-state index in [1.165, 1.54) is 0 Å². The molecule has 0 rings (SSSR count). The fourth-order valence-electron chi connectivity index (χ4n) is 0.209. The molecule has 0 aliphatic rings. The number of ether oxygens (including phenoxy) is 1. The molecular weight excluding hydrogens is 103 g/mol. The second-order valence-electron chi connectivity index (χ2n) is 0.921. The van der Waals surface area contributed by atoms with Crippen LogP contribution in [0, 0.1) is 0 Å². The second-order valence-corrected chi connectivity index (χ2v) is 0.921. The monoisotopic (exact) mass is 114 g/mol. The van der Waals surface area contributed by atoms with Crippen molar-refractivity contribution in [3.05, 3.63) is 0 Å². The summed E-state index contributed by atoms with van der Waals surface area (Å²) in [6.07, 6.45) is 0. The summed E-state index contributed by atoms with van der Waals surface area (Å²) in [5.74, 6) is 0. The van der Waals surface area contributed by atoms with Crippen LogP contribution in [0.1, 0.15) is 8.35 Å². The van der Waals surface area contributed by atoms with Gasteiger partial charge in [0.15, 0.2) is 0 Å². The predicted octanol–water partition coefficient (Wildman–Crippen LogP) is -2.87. The summed E-state index contributed by atoms with van der Waals surface area (Å²) >= 11 is 0. The largest absolute Gasteiger partial charge is 1.00 e. The summed E-state index contributed by atoms with van der Waals surface area (Å²) < 4.78 is 4.73. The fraction of sp³-hybridized carbons (Fsp3) is 1.00. The van der Waals surface area contributed by atoms with Crippen LogP contribution in [-0.4, -0.2) is 24.9 Å². The number of aliphatic hydroxyl groups excluding tert-OH is 1. The van der Waals surface area contributed by atoms with Crippen molar-refractivity contribution in [2.45, 2.75) is 6.92 Å². The van der Waals surface area contributed by atoms with Gasteiger partial charge in [-0.05, 0) is 6.92 Å². The van der Waals surface area contributed by atoms with E-state index in [1.807, 2.05) is 6.92 Å². The van der Waals surface area contributed by atoms with Gasteiger partial charge in [0, 0.05) is 6.61 Å². The van der Waals surface area contributed by atoms with E-state index in [-0.39, 0.29) is 37.6 Å². The topological polar surface area (TPSA) is 29.5 Å². The Hall–Kier alpha value is 0.920. The van der Waals surface area contributed by atoms with Crippen molar-refractivity contribution in [1.29, 1.82) is 0 Å². The number of hydrogen-bond acceptors (Lipinski definition) is 2. The van der Waals surface area contributed by atoms with Gasteiger partial charge in [-0.15, -0.1) is 0 Å². The summed E-state index contributed by atoms with van der Waals surface area (Å²) in [6, 6.07) is 0. The summed E-state index contributed by atoms with van der Waals surface area (Å²) in [5, 5.41) is 8.07. The Morgan fingerprint density at radius 2 is 2.29 bits per heavy atom. The first kappa shape index (κ1) is 10.8. The fourth-order valence-corrected chi connectivity index (χ4v) is 0.209. The van der Waals surface area contributed by atoms with Gasteiger partial charge in [-0.3, -0.25) is 0 Å². The van der Waals surface area contributed by atoms with E-state index >= 15 is 0 Å². The third-order valence-corrected chi connectivity index (χ3v) is 0.440. The molecule has 0 aliphatic heterocycles. The molecular formula is C4H11NaO2. The van der Waals surface area contributed by atoms with Crippen molar-refractivity contribution in [3.8, 4) is 0 Å². The predicted molar refractivity (Wildman–Crippen MR) is 24.7 cm³/mol. The SMILES string of the molecule is CCOCCO.[H-].[Na+]. The third-order valence-electron chi connectivity index (χ3n) is 0.440. The first-order valence-corrected chi connectivity index (χ1v) is 2.10. The second kappa shape index (κ2) is 10.0. The molecule has 0 aromatic carbocycles. The molecule has 0 amide bonds. The molecule has 0 aromatic rings. The third kappa shape index (κ3) is 10.9. The van der Waals surface area contributed by atoms with Crippen molar-refractivity contribution in [3.63, 3.8) is 0 Å². The van der Waals surface area contributed by atoms with E-state index in [2.05, 4.69) is 0 Å². The minimum Gasteiger partial charge on any atom is -1.00 e. The molecule has 0 spiro atoms. The Morgan fingerprint density at radius 3 is 2.43 bits per heavy atom. The van der Waals surface area contributed by atoms with Crippen molar-refractivity contribution in [2.24, 2.45) is 0 Å². The molecule has 0 saturated carbocycles. The molecule has 0 atom stereocenters. The Kier molecular flexibility index (Phi) is 15.5. The zero-order valence-corrected chi connectivity index (χ0v) is 6.98. The van der Waals surface area contributed by atoms with Crippen molar-refractivity contribution in [1.82, 2.24) is 0 Å². The van der Waals surface area contributed by atoms with Crippen molar-refractivity contribution >= 4 is 0 Å². The van der Waals surface area contributed by atoms with Crippen LogP contribution in [0.3, 0.4) is 0 Å². The van der Waals surface area contributed by atoms with E-state index in [9.17, 15) is 0 Å². The maximum Gasteiger partial charge on any atom is 1.00 e. The Balaban J connectivity index is -0.000000125. The van der Waals surface area contributed by atoms with Crippen LogP contribution in [0.4, 0.5) is 0 Å². The molecule has 0 bridgehead atoms. The van der Waals surface area contributed by atoms with Crippen LogP contribution in [0.25, 0.3) is 0 Å². The van der Waals surface area contributed by atoms with Gasteiger partial charge in [0.05, 0.1) is 13.2 Å². The van der Waals surface area contributed by atoms with Gasteiger partial charge < -0.3 is 11.3 Å². The Bertz CT molecular complexity index is 26.0. The molecule has 0 radical (unpaired) electrons. The quantitative estimate of drug-likeness (QED) is 0.316. The zero-order chi connectivity index (χ0) is 4.83. The summed E-state index contributed by atoms with van der Waals surface area (Å²) in [4.78, 5) is 0. The van der Waals surface area contributed by atoms with E-state index < -0.39 is 0 Å². The van der Waals surface area contributed by atoms with Crippen molar-refractivity contribution < 1.29 is 40.8 Å². The van der Waals surface area contributed by atoms with Gasteiger partial charge in [-0.2, -0.15) is 0 Å². The van der Waals surface area contributed by atoms with Gasteiger partial charge in [0.1, 0.15) is 0 Å². The van der Waals surface area contributed by atoms with E-state index in [4.69, 9.17) is 9.84 Å². The first-order chi connectivity index (χ1) is 2.91. The molecule has 3 heteroatoms. The minimum absolute atomic E-state index is 0. The van der Waals surface area contributed by atoms with Crippen LogP contribution in [-0.2, 0) is 4.74 Å². The number of aliphatic hydroxyl groups is 1. The average molecular weight is 114 g/mol. The molecule has 7 heavy (non-hydrogen) atoms. The van der Waals surface area contributed by atoms with Gasteiger partial charge in [-0.25, -0.2) is 0 Å². The van der Waals surface area contributed by atoms with E-state index in [0.29, 0.717) is 13.2 Å². The maximum absolute atomic E-state index is 8.07.